The van der Waals surface area contributed by atoms with Gasteiger partial charge in [-0.25, -0.2) is 0 Å². The van der Waals surface area contributed by atoms with E-state index in [0.29, 0.717) is 5.92 Å². The quantitative estimate of drug-likeness (QED) is 0.715. The Kier molecular flexibility index (Phi) is 6.68. The van der Waals surface area contributed by atoms with E-state index < -0.39 is 0 Å². The predicted octanol–water partition coefficient (Wildman–Crippen LogP) is 1.99. The van der Waals surface area contributed by atoms with Crippen molar-refractivity contribution >= 4 is 5.91 Å². The van der Waals surface area contributed by atoms with Gasteiger partial charge in [0.2, 0.25) is 5.91 Å². The Bertz CT molecular complexity index is 432. The molecule has 1 aromatic carbocycles. The van der Waals surface area contributed by atoms with Crippen molar-refractivity contribution in [1.82, 2.24) is 10.6 Å². The minimum atomic E-state index is -0.201. The molecule has 0 saturated carbocycles. The SMILES string of the molecule is CNC(=O)C(CC(C)C)NC(C)c1cccc(CO)c1. The van der Waals surface area contributed by atoms with Crippen molar-refractivity contribution in [3.05, 3.63) is 35.4 Å². The topological polar surface area (TPSA) is 61.4 Å². The normalized spacial score (nSPS) is 14.1. The highest BCUT2D eigenvalue weighted by Crippen LogP contribution is 2.17. The van der Waals surface area contributed by atoms with Gasteiger partial charge in [0.1, 0.15) is 0 Å². The highest BCUT2D eigenvalue weighted by Gasteiger charge is 2.21. The summed E-state index contributed by atoms with van der Waals surface area (Å²) < 4.78 is 0. The van der Waals surface area contributed by atoms with Gasteiger partial charge in [-0.05, 0) is 30.4 Å². The summed E-state index contributed by atoms with van der Waals surface area (Å²) in [4.78, 5) is 11.9. The first-order valence-electron chi connectivity index (χ1n) is 7.15. The van der Waals surface area contributed by atoms with Crippen LogP contribution in [0.3, 0.4) is 0 Å². The van der Waals surface area contributed by atoms with E-state index in [4.69, 9.17) is 0 Å². The zero-order valence-corrected chi connectivity index (χ0v) is 12.8. The number of rotatable bonds is 7. The van der Waals surface area contributed by atoms with Crippen molar-refractivity contribution < 1.29 is 9.90 Å². The molecule has 112 valence electrons. The van der Waals surface area contributed by atoms with Gasteiger partial charge in [0.15, 0.2) is 0 Å². The van der Waals surface area contributed by atoms with Crippen LogP contribution in [0.2, 0.25) is 0 Å². The molecular weight excluding hydrogens is 252 g/mol. The maximum Gasteiger partial charge on any atom is 0.236 e. The van der Waals surface area contributed by atoms with E-state index in [1.54, 1.807) is 7.05 Å². The Hall–Kier alpha value is -1.39. The van der Waals surface area contributed by atoms with Gasteiger partial charge in [-0.1, -0.05) is 38.1 Å². The lowest BCUT2D eigenvalue weighted by molar-refractivity contribution is -0.123. The molecule has 4 heteroatoms. The standard InChI is InChI=1S/C16H26N2O2/c1-11(2)8-15(16(20)17-4)18-12(3)14-7-5-6-13(9-14)10-19/h5-7,9,11-12,15,18-19H,8,10H2,1-4H3,(H,17,20). The molecule has 20 heavy (non-hydrogen) atoms. The average molecular weight is 278 g/mol. The maximum atomic E-state index is 11.9. The van der Waals surface area contributed by atoms with Crippen LogP contribution in [0.1, 0.15) is 44.4 Å². The summed E-state index contributed by atoms with van der Waals surface area (Å²) in [5, 5.41) is 15.3. The summed E-state index contributed by atoms with van der Waals surface area (Å²) >= 11 is 0. The predicted molar refractivity (Wildman–Crippen MR) is 81.2 cm³/mol. The minimum Gasteiger partial charge on any atom is -0.392 e. The van der Waals surface area contributed by atoms with Gasteiger partial charge in [-0.2, -0.15) is 0 Å². The largest absolute Gasteiger partial charge is 0.392 e. The van der Waals surface area contributed by atoms with E-state index in [0.717, 1.165) is 17.5 Å². The molecule has 1 amide bonds. The third-order valence-corrected chi connectivity index (χ3v) is 3.35. The lowest BCUT2D eigenvalue weighted by Gasteiger charge is -2.24. The first-order valence-corrected chi connectivity index (χ1v) is 7.15. The third kappa shape index (κ3) is 4.94. The van der Waals surface area contributed by atoms with Crippen molar-refractivity contribution in [2.24, 2.45) is 5.92 Å². The lowest BCUT2D eigenvalue weighted by Crippen LogP contribution is -2.44. The van der Waals surface area contributed by atoms with E-state index in [2.05, 4.69) is 24.5 Å². The second kappa shape index (κ2) is 8.02. The number of hydrogen-bond acceptors (Lipinski definition) is 3. The number of aliphatic hydroxyl groups is 1. The monoisotopic (exact) mass is 278 g/mol. The zero-order chi connectivity index (χ0) is 15.1. The van der Waals surface area contributed by atoms with Gasteiger partial charge in [-0.3, -0.25) is 10.1 Å². The Morgan fingerprint density at radius 1 is 1.30 bits per heavy atom. The summed E-state index contributed by atoms with van der Waals surface area (Å²) in [6.45, 7) is 6.28. The molecule has 2 atom stereocenters. The van der Waals surface area contributed by atoms with Crippen LogP contribution in [0, 0.1) is 5.92 Å². The molecule has 1 aromatic rings. The number of likely N-dealkylation sites (N-methyl/N-ethyl adjacent to an activating group) is 1. The van der Waals surface area contributed by atoms with Crippen LogP contribution in [0.25, 0.3) is 0 Å². The van der Waals surface area contributed by atoms with Crippen LogP contribution in [0.4, 0.5) is 0 Å². The molecule has 0 spiro atoms. The van der Waals surface area contributed by atoms with E-state index in [1.807, 2.05) is 31.2 Å². The molecule has 4 nitrogen and oxygen atoms in total. The fraction of sp³-hybridized carbons (Fsp3) is 0.562. The molecule has 0 aromatic heterocycles. The van der Waals surface area contributed by atoms with E-state index in [-0.39, 0.29) is 24.6 Å². The Balaban J connectivity index is 2.78. The number of carbonyl (C=O) groups excluding carboxylic acids is 1. The summed E-state index contributed by atoms with van der Waals surface area (Å²) in [5.74, 6) is 0.463. The second-order valence-corrected chi connectivity index (χ2v) is 5.59. The van der Waals surface area contributed by atoms with Crippen LogP contribution in [-0.2, 0) is 11.4 Å². The van der Waals surface area contributed by atoms with Crippen molar-refractivity contribution in [1.29, 1.82) is 0 Å². The molecule has 0 saturated heterocycles. The summed E-state index contributed by atoms with van der Waals surface area (Å²) in [7, 11) is 1.66. The number of aliphatic hydroxyl groups excluding tert-OH is 1. The maximum absolute atomic E-state index is 11.9. The minimum absolute atomic E-state index is 0.0175. The van der Waals surface area contributed by atoms with Gasteiger partial charge in [0, 0.05) is 13.1 Å². The number of amides is 1. The number of nitrogens with one attached hydrogen (secondary N) is 2. The smallest absolute Gasteiger partial charge is 0.236 e. The zero-order valence-electron chi connectivity index (χ0n) is 12.8. The number of carbonyl (C=O) groups is 1. The summed E-state index contributed by atoms with van der Waals surface area (Å²) in [6.07, 6.45) is 0.795. The third-order valence-electron chi connectivity index (χ3n) is 3.35. The number of benzene rings is 1. The highest BCUT2D eigenvalue weighted by atomic mass is 16.3. The van der Waals surface area contributed by atoms with Crippen molar-refractivity contribution in [2.45, 2.75) is 45.9 Å². The summed E-state index contributed by atoms with van der Waals surface area (Å²) in [6, 6.07) is 7.65. The van der Waals surface area contributed by atoms with Gasteiger partial charge in [0.25, 0.3) is 0 Å². The molecule has 0 aliphatic heterocycles. The molecule has 0 fully saturated rings. The first kappa shape index (κ1) is 16.7. The average Bonchev–Trinajstić information content (AvgIpc) is 2.45. The highest BCUT2D eigenvalue weighted by molar-refractivity contribution is 5.81. The lowest BCUT2D eigenvalue weighted by atomic mass is 10.00. The molecular formula is C16H26N2O2. The van der Waals surface area contributed by atoms with Crippen LogP contribution in [0.5, 0.6) is 0 Å². The van der Waals surface area contributed by atoms with Crippen LogP contribution in [0.15, 0.2) is 24.3 Å². The van der Waals surface area contributed by atoms with Crippen molar-refractivity contribution in [2.75, 3.05) is 7.05 Å². The molecule has 1 rings (SSSR count). The Morgan fingerprint density at radius 3 is 2.55 bits per heavy atom. The van der Waals surface area contributed by atoms with Gasteiger partial charge in [0.05, 0.1) is 12.6 Å². The van der Waals surface area contributed by atoms with E-state index in [1.165, 1.54) is 0 Å². The molecule has 3 N–H and O–H groups in total. The number of hydrogen-bond donors (Lipinski definition) is 3. The molecule has 0 bridgehead atoms. The van der Waals surface area contributed by atoms with E-state index >= 15 is 0 Å². The summed E-state index contributed by atoms with van der Waals surface area (Å²) in [5.41, 5.74) is 1.96. The van der Waals surface area contributed by atoms with Crippen LogP contribution in [-0.4, -0.2) is 24.1 Å². The Labute approximate surface area is 121 Å². The second-order valence-electron chi connectivity index (χ2n) is 5.59. The fourth-order valence-electron chi connectivity index (χ4n) is 2.26. The van der Waals surface area contributed by atoms with Gasteiger partial charge >= 0.3 is 0 Å². The molecule has 0 heterocycles. The molecule has 2 unspecified atom stereocenters. The fourth-order valence-corrected chi connectivity index (χ4v) is 2.26. The van der Waals surface area contributed by atoms with Gasteiger partial charge < -0.3 is 10.4 Å². The van der Waals surface area contributed by atoms with Crippen molar-refractivity contribution in [3.63, 3.8) is 0 Å². The van der Waals surface area contributed by atoms with Crippen LogP contribution >= 0.6 is 0 Å². The van der Waals surface area contributed by atoms with Crippen molar-refractivity contribution in [3.8, 4) is 0 Å². The first-order chi connectivity index (χ1) is 9.47. The van der Waals surface area contributed by atoms with E-state index in [9.17, 15) is 9.90 Å². The molecule has 0 aliphatic carbocycles. The molecule has 0 aliphatic rings. The Morgan fingerprint density at radius 2 is 2.00 bits per heavy atom. The van der Waals surface area contributed by atoms with Gasteiger partial charge in [-0.15, -0.1) is 0 Å². The van der Waals surface area contributed by atoms with Crippen LogP contribution < -0.4 is 10.6 Å². The molecule has 0 radical (unpaired) electrons.